The van der Waals surface area contributed by atoms with Crippen LogP contribution in [0.2, 0.25) is 0 Å². The minimum absolute atomic E-state index is 0. The van der Waals surface area contributed by atoms with Crippen molar-refractivity contribution in [1.29, 1.82) is 0 Å². The molecule has 1 heterocycles. The van der Waals surface area contributed by atoms with Gasteiger partial charge in [-0.2, -0.15) is 0 Å². The minimum atomic E-state index is -0.482. The first kappa shape index (κ1) is 21.7. The predicted octanol–water partition coefficient (Wildman–Crippen LogP) is 1.86. The van der Waals surface area contributed by atoms with Gasteiger partial charge in [-0.3, -0.25) is 4.79 Å². The molecule has 6 nitrogen and oxygen atoms in total. The average Bonchev–Trinajstić information content (AvgIpc) is 2.86. The molecule has 0 bridgehead atoms. The lowest BCUT2D eigenvalue weighted by Crippen LogP contribution is -2.45. The normalized spacial score (nSPS) is 22.8. The fourth-order valence-corrected chi connectivity index (χ4v) is 3.35. The first-order valence-corrected chi connectivity index (χ1v) is 8.06. The minimum Gasteiger partial charge on any atom is -0.392 e. The van der Waals surface area contributed by atoms with Crippen molar-refractivity contribution in [3.8, 4) is 0 Å². The standard InChI is InChI=1S/C17H24N4O2.2ClH/c1-20(17(23)11-7-8-15(22)12(18)9-11)10-16-19-13-5-3-4-6-14(13)21(16)2;;/h3-6,11-12,15,22H,7-10,18H2,1-2H3;2*1H/t11-,12+,15+;;/m0../s1. The summed E-state index contributed by atoms with van der Waals surface area (Å²) in [5, 5.41) is 9.70. The molecule has 25 heavy (non-hydrogen) atoms. The summed E-state index contributed by atoms with van der Waals surface area (Å²) < 4.78 is 2.02. The van der Waals surface area contributed by atoms with E-state index in [9.17, 15) is 9.90 Å². The van der Waals surface area contributed by atoms with Gasteiger partial charge in [-0.25, -0.2) is 4.98 Å². The van der Waals surface area contributed by atoms with Crippen molar-refractivity contribution in [2.45, 2.75) is 38.0 Å². The third kappa shape index (κ3) is 4.44. The molecule has 0 aliphatic heterocycles. The Kier molecular flexibility index (Phi) is 7.68. The molecule has 1 amide bonds. The molecule has 140 valence electrons. The van der Waals surface area contributed by atoms with Gasteiger partial charge >= 0.3 is 0 Å². The van der Waals surface area contributed by atoms with Crippen LogP contribution >= 0.6 is 24.8 Å². The number of hydrogen-bond donors (Lipinski definition) is 2. The molecule has 8 heteroatoms. The molecule has 1 fully saturated rings. The van der Waals surface area contributed by atoms with Crippen molar-refractivity contribution in [3.05, 3.63) is 30.1 Å². The largest absolute Gasteiger partial charge is 0.392 e. The first-order valence-electron chi connectivity index (χ1n) is 8.06. The quantitative estimate of drug-likeness (QED) is 0.840. The van der Waals surface area contributed by atoms with E-state index in [0.717, 1.165) is 16.9 Å². The highest BCUT2D eigenvalue weighted by atomic mass is 35.5. The summed E-state index contributed by atoms with van der Waals surface area (Å²) in [4.78, 5) is 19.0. The Hall–Kier alpha value is -1.34. The maximum Gasteiger partial charge on any atom is 0.225 e. The number of carbonyl (C=O) groups is 1. The number of nitrogens with zero attached hydrogens (tertiary/aromatic N) is 3. The van der Waals surface area contributed by atoms with Crippen molar-refractivity contribution in [2.24, 2.45) is 18.7 Å². The first-order chi connectivity index (χ1) is 11.0. The van der Waals surface area contributed by atoms with Crippen LogP contribution in [0.5, 0.6) is 0 Å². The van der Waals surface area contributed by atoms with Gasteiger partial charge in [0.15, 0.2) is 0 Å². The Morgan fingerprint density at radius 3 is 2.68 bits per heavy atom. The zero-order valence-electron chi connectivity index (χ0n) is 14.5. The predicted molar refractivity (Wildman–Crippen MR) is 103 cm³/mol. The molecule has 2 aromatic rings. The highest BCUT2D eigenvalue weighted by Gasteiger charge is 2.32. The third-order valence-corrected chi connectivity index (χ3v) is 4.85. The molecule has 1 saturated carbocycles. The second-order valence-corrected chi connectivity index (χ2v) is 6.51. The highest BCUT2D eigenvalue weighted by Crippen LogP contribution is 2.26. The second kappa shape index (κ2) is 8.85. The van der Waals surface area contributed by atoms with Gasteiger partial charge in [0.05, 0.1) is 23.7 Å². The molecule has 1 aliphatic carbocycles. The summed E-state index contributed by atoms with van der Waals surface area (Å²) in [7, 11) is 3.77. The lowest BCUT2D eigenvalue weighted by molar-refractivity contribution is -0.136. The number of aryl methyl sites for hydroxylation is 1. The zero-order chi connectivity index (χ0) is 16.6. The number of halogens is 2. The van der Waals surface area contributed by atoms with Crippen molar-refractivity contribution in [1.82, 2.24) is 14.5 Å². The van der Waals surface area contributed by atoms with E-state index in [4.69, 9.17) is 5.73 Å². The highest BCUT2D eigenvalue weighted by molar-refractivity contribution is 5.85. The number of imidazole rings is 1. The summed E-state index contributed by atoms with van der Waals surface area (Å²) in [5.41, 5.74) is 7.90. The van der Waals surface area contributed by atoms with E-state index < -0.39 is 6.10 Å². The molecule has 0 unspecified atom stereocenters. The molecule has 1 aromatic heterocycles. The number of benzene rings is 1. The molecule has 0 radical (unpaired) electrons. The fourth-order valence-electron chi connectivity index (χ4n) is 3.35. The summed E-state index contributed by atoms with van der Waals surface area (Å²) >= 11 is 0. The number of carbonyl (C=O) groups excluding carboxylic acids is 1. The van der Waals surface area contributed by atoms with E-state index >= 15 is 0 Å². The lowest BCUT2D eigenvalue weighted by Gasteiger charge is -2.32. The van der Waals surface area contributed by atoms with Crippen LogP contribution < -0.4 is 5.73 Å². The number of aliphatic hydroxyl groups is 1. The number of amides is 1. The lowest BCUT2D eigenvalue weighted by atomic mass is 9.83. The number of rotatable bonds is 3. The molecule has 1 aromatic carbocycles. The third-order valence-electron chi connectivity index (χ3n) is 4.85. The maximum atomic E-state index is 12.6. The monoisotopic (exact) mass is 388 g/mol. The smallest absolute Gasteiger partial charge is 0.225 e. The molecular weight excluding hydrogens is 363 g/mol. The van der Waals surface area contributed by atoms with Gasteiger partial charge in [-0.15, -0.1) is 24.8 Å². The summed E-state index contributed by atoms with van der Waals surface area (Å²) in [6.07, 6.45) is 1.36. The summed E-state index contributed by atoms with van der Waals surface area (Å²) in [6, 6.07) is 7.64. The van der Waals surface area contributed by atoms with E-state index in [-0.39, 0.29) is 42.7 Å². The van der Waals surface area contributed by atoms with Gasteiger partial charge in [0.1, 0.15) is 5.82 Å². The molecule has 3 rings (SSSR count). The van der Waals surface area contributed by atoms with Crippen molar-refractivity contribution in [3.63, 3.8) is 0 Å². The number of nitrogens with two attached hydrogens (primary N) is 1. The van der Waals surface area contributed by atoms with Gasteiger partial charge in [0.25, 0.3) is 0 Å². The van der Waals surface area contributed by atoms with E-state index in [1.807, 2.05) is 35.9 Å². The molecular formula is C17H26Cl2N4O2. The van der Waals surface area contributed by atoms with E-state index in [1.165, 1.54) is 0 Å². The Balaban J connectivity index is 0.00000156. The van der Waals surface area contributed by atoms with Crippen LogP contribution in [-0.2, 0) is 18.4 Å². The second-order valence-electron chi connectivity index (χ2n) is 6.51. The molecule has 3 atom stereocenters. The molecule has 1 aliphatic rings. The summed E-state index contributed by atoms with van der Waals surface area (Å²) in [5.74, 6) is 0.842. The Morgan fingerprint density at radius 1 is 1.36 bits per heavy atom. The van der Waals surface area contributed by atoms with Crippen LogP contribution in [0.1, 0.15) is 25.1 Å². The van der Waals surface area contributed by atoms with E-state index in [0.29, 0.717) is 25.8 Å². The number of aliphatic hydroxyl groups excluding tert-OH is 1. The number of hydrogen-bond acceptors (Lipinski definition) is 4. The van der Waals surface area contributed by atoms with Crippen LogP contribution in [0.4, 0.5) is 0 Å². The number of fused-ring (bicyclic) bond motifs is 1. The van der Waals surface area contributed by atoms with Crippen LogP contribution in [-0.4, -0.2) is 44.7 Å². The van der Waals surface area contributed by atoms with E-state index in [1.54, 1.807) is 11.9 Å². The molecule has 0 saturated heterocycles. The molecule has 0 spiro atoms. The van der Waals surface area contributed by atoms with Crippen LogP contribution in [0.3, 0.4) is 0 Å². The maximum absolute atomic E-state index is 12.6. The van der Waals surface area contributed by atoms with Crippen molar-refractivity contribution in [2.75, 3.05) is 7.05 Å². The zero-order valence-corrected chi connectivity index (χ0v) is 16.1. The fraction of sp³-hybridized carbons (Fsp3) is 0.529. The van der Waals surface area contributed by atoms with Crippen LogP contribution in [0, 0.1) is 5.92 Å². The Morgan fingerprint density at radius 2 is 2.04 bits per heavy atom. The number of aromatic nitrogens is 2. The van der Waals surface area contributed by atoms with Crippen molar-refractivity contribution >= 4 is 41.8 Å². The topological polar surface area (TPSA) is 84.4 Å². The van der Waals surface area contributed by atoms with Gasteiger partial charge < -0.3 is 20.3 Å². The Bertz CT molecular complexity index is 722. The van der Waals surface area contributed by atoms with Gasteiger partial charge in [-0.1, -0.05) is 12.1 Å². The number of para-hydroxylation sites is 2. The molecule has 3 N–H and O–H groups in total. The van der Waals surface area contributed by atoms with Crippen LogP contribution in [0.25, 0.3) is 11.0 Å². The van der Waals surface area contributed by atoms with Gasteiger partial charge in [0.2, 0.25) is 5.91 Å². The van der Waals surface area contributed by atoms with Gasteiger partial charge in [0, 0.05) is 26.1 Å². The Labute approximate surface area is 160 Å². The van der Waals surface area contributed by atoms with Crippen LogP contribution in [0.15, 0.2) is 24.3 Å². The average molecular weight is 389 g/mol. The van der Waals surface area contributed by atoms with Gasteiger partial charge in [-0.05, 0) is 31.4 Å². The van der Waals surface area contributed by atoms with E-state index in [2.05, 4.69) is 4.98 Å². The summed E-state index contributed by atoms with van der Waals surface area (Å²) in [6.45, 7) is 0.471. The van der Waals surface area contributed by atoms with Crippen molar-refractivity contribution < 1.29 is 9.90 Å². The SMILES string of the molecule is CN(Cc1nc2ccccc2n1C)C(=O)[C@H]1CC[C@@H](O)[C@H](N)C1.Cl.Cl.